The van der Waals surface area contributed by atoms with Gasteiger partial charge in [-0.1, -0.05) is 37.3 Å². The molecule has 0 bridgehead atoms. The third-order valence-electron chi connectivity index (χ3n) is 8.21. The van der Waals surface area contributed by atoms with E-state index < -0.39 is 12.9 Å². The Labute approximate surface area is 244 Å². The standard InChI is InChI=1S/C19H23N2OS.C12H15N.Ir/c1-11-5-6-14-13-3-2-4-15(18(13)22-19(14)21-11)16-9-17-12(10-20-16)7-8-23-17;1-10-7-8-12(13-9-10)11-5-3-2-4-6-11;/h4,7-8,10-11,13-14,16,19,21H,2-3,5-6,9H2,1H3;7-8H,2-5,9H2,1H3;/q-1;-2;+3/t11-,13+,14?,16-,19?;;/m1../s1/i1D3;;. The van der Waals surface area contributed by atoms with Crippen LogP contribution < -0.4 is 5.32 Å². The van der Waals surface area contributed by atoms with Crippen molar-refractivity contribution in [2.45, 2.75) is 89.9 Å². The molecule has 198 valence electrons. The van der Waals surface area contributed by atoms with Gasteiger partial charge in [-0.2, -0.15) is 11.6 Å². The van der Waals surface area contributed by atoms with Gasteiger partial charge in [0.15, 0.2) is 0 Å². The first-order chi connectivity index (χ1) is 18.9. The second-order valence-corrected chi connectivity index (χ2v) is 11.7. The summed E-state index contributed by atoms with van der Waals surface area (Å²) < 4.78 is 29.5. The Bertz CT molecular complexity index is 1230. The predicted octanol–water partition coefficient (Wildman–Crippen LogP) is 7.21. The van der Waals surface area contributed by atoms with E-state index >= 15 is 0 Å². The summed E-state index contributed by atoms with van der Waals surface area (Å²) in [6, 6.07) is 1.81. The SMILES string of the molecule is CC1=CC=C(C2=[C-]CCCC2)[N-]C1.[2H]C([2H])([2H])[C@@H]1CCC2C(N1)OC1=C([C@H]3Cc4sccc4C=N3)[CH-]CC[C@H]12.[Ir+3]. The Hall–Kier alpha value is -1.59. The minimum Gasteiger partial charge on any atom is -0.766 e. The van der Waals surface area contributed by atoms with E-state index in [0.29, 0.717) is 18.3 Å². The van der Waals surface area contributed by atoms with Crippen molar-refractivity contribution in [1.29, 1.82) is 0 Å². The first-order valence-corrected chi connectivity index (χ1v) is 14.5. The summed E-state index contributed by atoms with van der Waals surface area (Å²) in [6.45, 7) is 1.03. The van der Waals surface area contributed by atoms with Crippen LogP contribution in [-0.4, -0.2) is 31.1 Å². The van der Waals surface area contributed by atoms with E-state index in [0.717, 1.165) is 44.4 Å². The predicted molar refractivity (Wildman–Crippen MR) is 149 cm³/mol. The molecule has 6 heteroatoms. The molecule has 1 N–H and O–H groups in total. The number of ether oxygens (including phenoxy) is 1. The van der Waals surface area contributed by atoms with E-state index in [2.05, 4.69) is 53.7 Å². The third kappa shape index (κ3) is 5.88. The van der Waals surface area contributed by atoms with E-state index in [4.69, 9.17) is 13.8 Å². The second kappa shape index (κ2) is 12.1. The molecule has 4 nitrogen and oxygen atoms in total. The van der Waals surface area contributed by atoms with Crippen LogP contribution in [0.5, 0.6) is 0 Å². The molecule has 0 saturated carbocycles. The van der Waals surface area contributed by atoms with Crippen molar-refractivity contribution in [2.75, 3.05) is 6.54 Å². The number of rotatable bonds is 2. The van der Waals surface area contributed by atoms with Crippen molar-refractivity contribution in [2.24, 2.45) is 16.8 Å². The van der Waals surface area contributed by atoms with E-state index in [1.54, 1.807) is 11.3 Å². The molecular formula is C31H38IrN3OS. The molecule has 1 aromatic rings. The largest absolute Gasteiger partial charge is 3.00 e. The molecule has 4 aliphatic heterocycles. The number of piperidine rings is 1. The molecular weight excluding hydrogens is 655 g/mol. The second-order valence-electron chi connectivity index (χ2n) is 10.7. The van der Waals surface area contributed by atoms with Crippen LogP contribution in [0.15, 0.2) is 56.8 Å². The van der Waals surface area contributed by atoms with Gasteiger partial charge in [0.1, 0.15) is 6.23 Å². The Morgan fingerprint density at radius 2 is 2.22 bits per heavy atom. The minimum absolute atomic E-state index is 0. The van der Waals surface area contributed by atoms with Crippen LogP contribution in [0, 0.1) is 24.3 Å². The minimum atomic E-state index is -1.96. The average molecular weight is 696 g/mol. The van der Waals surface area contributed by atoms with Crippen LogP contribution in [0.3, 0.4) is 0 Å². The quantitative estimate of drug-likeness (QED) is 0.333. The van der Waals surface area contributed by atoms with E-state index in [1.807, 2.05) is 6.21 Å². The van der Waals surface area contributed by atoms with Gasteiger partial charge in [0.25, 0.3) is 0 Å². The summed E-state index contributed by atoms with van der Waals surface area (Å²) in [5.41, 5.74) is 6.34. The number of aliphatic imine (C=N–C) groups is 1. The first-order valence-electron chi connectivity index (χ1n) is 15.1. The van der Waals surface area contributed by atoms with Gasteiger partial charge < -0.3 is 15.8 Å². The maximum atomic E-state index is 7.71. The summed E-state index contributed by atoms with van der Waals surface area (Å²) in [5.74, 6) is 1.87. The summed E-state index contributed by atoms with van der Waals surface area (Å²) >= 11 is 1.80. The van der Waals surface area contributed by atoms with Crippen molar-refractivity contribution < 1.29 is 29.0 Å². The Morgan fingerprint density at radius 3 is 3.03 bits per heavy atom. The molecule has 2 aliphatic carbocycles. The Morgan fingerprint density at radius 1 is 1.27 bits per heavy atom. The number of hydrogen-bond donors (Lipinski definition) is 1. The summed E-state index contributed by atoms with van der Waals surface area (Å²) in [4.78, 5) is 6.19. The number of hydrogen-bond acceptors (Lipinski definition) is 4. The zero-order chi connectivity index (χ0) is 27.0. The van der Waals surface area contributed by atoms with Gasteiger partial charge in [-0.15, -0.1) is 30.7 Å². The van der Waals surface area contributed by atoms with Crippen molar-refractivity contribution in [3.63, 3.8) is 0 Å². The van der Waals surface area contributed by atoms with E-state index in [9.17, 15) is 0 Å². The topological polar surface area (TPSA) is 47.7 Å². The van der Waals surface area contributed by atoms with Crippen molar-refractivity contribution >= 4 is 17.6 Å². The van der Waals surface area contributed by atoms with Gasteiger partial charge in [0, 0.05) is 39.1 Å². The number of thiophene rings is 1. The molecule has 2 unspecified atom stereocenters. The molecule has 6 aliphatic rings. The molecule has 0 radical (unpaired) electrons. The van der Waals surface area contributed by atoms with Crippen LogP contribution >= 0.6 is 11.3 Å². The fraction of sp³-hybridized carbons (Fsp3) is 0.548. The normalized spacial score (nSPS) is 33.4. The van der Waals surface area contributed by atoms with Gasteiger partial charge in [0.2, 0.25) is 0 Å². The Balaban J connectivity index is 0.000000195. The van der Waals surface area contributed by atoms with Crippen LogP contribution in [0.4, 0.5) is 0 Å². The van der Waals surface area contributed by atoms with Gasteiger partial charge in [-0.3, -0.25) is 16.4 Å². The molecule has 0 amide bonds. The molecule has 7 rings (SSSR count). The molecule has 2 fully saturated rings. The molecule has 1 aromatic heterocycles. The third-order valence-corrected chi connectivity index (χ3v) is 9.17. The monoisotopic (exact) mass is 696 g/mol. The summed E-state index contributed by atoms with van der Waals surface area (Å²) in [7, 11) is 0. The number of fused-ring (bicyclic) bond motifs is 4. The maximum Gasteiger partial charge on any atom is 3.00 e. The summed E-state index contributed by atoms with van der Waals surface area (Å²) in [6.07, 6.45) is 21.5. The van der Waals surface area contributed by atoms with Crippen molar-refractivity contribution in [3.8, 4) is 0 Å². The first kappa shape index (κ1) is 23.3. The Kier molecular flexibility index (Phi) is 7.60. The van der Waals surface area contributed by atoms with E-state index in [1.165, 1.54) is 52.1 Å². The molecule has 0 aromatic carbocycles. The van der Waals surface area contributed by atoms with Crippen LogP contribution in [0.2, 0.25) is 0 Å². The number of allylic oxidation sites excluding steroid dienone is 5. The van der Waals surface area contributed by atoms with Gasteiger partial charge >= 0.3 is 20.1 Å². The molecule has 5 heterocycles. The molecule has 5 atom stereocenters. The van der Waals surface area contributed by atoms with Crippen LogP contribution in [0.25, 0.3) is 5.32 Å². The van der Waals surface area contributed by atoms with Gasteiger partial charge in [-0.25, -0.2) is 12.0 Å². The van der Waals surface area contributed by atoms with Gasteiger partial charge in [0.05, 0.1) is 6.04 Å². The molecule has 0 spiro atoms. The fourth-order valence-electron chi connectivity index (χ4n) is 6.24. The van der Waals surface area contributed by atoms with Gasteiger partial charge in [-0.05, 0) is 49.7 Å². The maximum absolute atomic E-state index is 7.71. The fourth-order valence-corrected chi connectivity index (χ4v) is 7.13. The van der Waals surface area contributed by atoms with Crippen molar-refractivity contribution in [3.05, 3.63) is 80.0 Å². The number of nitrogens with zero attached hydrogens (tertiary/aromatic N) is 2. The van der Waals surface area contributed by atoms with E-state index in [-0.39, 0.29) is 32.4 Å². The number of nitrogens with one attached hydrogen (secondary N) is 1. The van der Waals surface area contributed by atoms with Crippen LogP contribution in [-0.2, 0) is 31.3 Å². The molecule has 37 heavy (non-hydrogen) atoms. The zero-order valence-corrected chi connectivity index (χ0v) is 24.7. The zero-order valence-electron chi connectivity index (χ0n) is 24.5. The smallest absolute Gasteiger partial charge is 0.766 e. The summed E-state index contributed by atoms with van der Waals surface area (Å²) in [5, 5.41) is 9.93. The van der Waals surface area contributed by atoms with Crippen molar-refractivity contribution in [1.82, 2.24) is 5.32 Å². The van der Waals surface area contributed by atoms with Crippen LogP contribution in [0.1, 0.15) is 79.7 Å². The molecule has 2 saturated heterocycles. The average Bonchev–Trinajstić information content (AvgIpc) is 3.57.